The number of nitrogens with zero attached hydrogens (tertiary/aromatic N) is 1. The predicted molar refractivity (Wildman–Crippen MR) is 64.0 cm³/mol. The smallest absolute Gasteiger partial charge is 0.161 e. The van der Waals surface area contributed by atoms with Crippen molar-refractivity contribution in [3.8, 4) is 11.5 Å². The van der Waals surface area contributed by atoms with Gasteiger partial charge in [-0.3, -0.25) is 4.90 Å². The van der Waals surface area contributed by atoms with Crippen LogP contribution in [-0.2, 0) is 0 Å². The molecule has 1 aromatic rings. The fourth-order valence-electron chi connectivity index (χ4n) is 1.80. The standard InChI is InChI=1S/C13H17NO2/c1-3-8-14(2)9-11-10-15-12-6-4-5-7-13(12)16-11/h3-7,11H,1,8-10H2,2H3/t11-/m0/s1. The number of hydrogen-bond acceptors (Lipinski definition) is 3. The Kier molecular flexibility index (Phi) is 3.47. The second-order valence-electron chi connectivity index (χ2n) is 4.01. The van der Waals surface area contributed by atoms with Gasteiger partial charge in [0.1, 0.15) is 12.7 Å². The molecule has 1 aliphatic heterocycles. The molecule has 1 atom stereocenters. The molecule has 0 amide bonds. The minimum atomic E-state index is 0.0971. The second-order valence-corrected chi connectivity index (χ2v) is 4.01. The van der Waals surface area contributed by atoms with Crippen molar-refractivity contribution in [2.24, 2.45) is 0 Å². The van der Waals surface area contributed by atoms with Crippen molar-refractivity contribution in [1.29, 1.82) is 0 Å². The van der Waals surface area contributed by atoms with E-state index in [0.717, 1.165) is 24.6 Å². The number of hydrogen-bond donors (Lipinski definition) is 0. The Bertz CT molecular complexity index is 365. The van der Waals surface area contributed by atoms with Crippen LogP contribution in [0.4, 0.5) is 0 Å². The first-order valence-electron chi connectivity index (χ1n) is 5.47. The van der Waals surface area contributed by atoms with Crippen molar-refractivity contribution in [3.63, 3.8) is 0 Å². The van der Waals surface area contributed by atoms with E-state index in [1.54, 1.807) is 0 Å². The summed E-state index contributed by atoms with van der Waals surface area (Å²) in [5, 5.41) is 0. The molecule has 3 nitrogen and oxygen atoms in total. The first-order chi connectivity index (χ1) is 7.79. The molecule has 0 bridgehead atoms. The quantitative estimate of drug-likeness (QED) is 0.722. The van der Waals surface area contributed by atoms with E-state index in [4.69, 9.17) is 9.47 Å². The minimum Gasteiger partial charge on any atom is -0.486 e. The summed E-state index contributed by atoms with van der Waals surface area (Å²) >= 11 is 0. The molecule has 3 heteroatoms. The number of para-hydroxylation sites is 2. The van der Waals surface area contributed by atoms with E-state index in [1.807, 2.05) is 37.4 Å². The monoisotopic (exact) mass is 219 g/mol. The van der Waals surface area contributed by atoms with Crippen LogP contribution in [0.5, 0.6) is 11.5 Å². The van der Waals surface area contributed by atoms with Gasteiger partial charge >= 0.3 is 0 Å². The topological polar surface area (TPSA) is 21.7 Å². The molecule has 1 aliphatic rings. The molecular weight excluding hydrogens is 202 g/mol. The van der Waals surface area contributed by atoms with Gasteiger partial charge in [-0.05, 0) is 19.2 Å². The lowest BCUT2D eigenvalue weighted by Gasteiger charge is -2.29. The fraction of sp³-hybridized carbons (Fsp3) is 0.385. The average Bonchev–Trinajstić information content (AvgIpc) is 2.29. The minimum absolute atomic E-state index is 0.0971. The van der Waals surface area contributed by atoms with Crippen LogP contribution in [0.2, 0.25) is 0 Å². The van der Waals surface area contributed by atoms with Crippen molar-refractivity contribution < 1.29 is 9.47 Å². The highest BCUT2D eigenvalue weighted by Crippen LogP contribution is 2.30. The molecule has 0 saturated heterocycles. The van der Waals surface area contributed by atoms with Crippen molar-refractivity contribution in [1.82, 2.24) is 4.90 Å². The highest BCUT2D eigenvalue weighted by Gasteiger charge is 2.21. The number of ether oxygens (including phenoxy) is 2. The third kappa shape index (κ3) is 2.55. The zero-order valence-electron chi connectivity index (χ0n) is 9.56. The van der Waals surface area contributed by atoms with Gasteiger partial charge in [0.05, 0.1) is 0 Å². The molecule has 0 saturated carbocycles. The summed E-state index contributed by atoms with van der Waals surface area (Å²) in [4.78, 5) is 2.16. The Morgan fingerprint density at radius 1 is 1.44 bits per heavy atom. The van der Waals surface area contributed by atoms with E-state index in [-0.39, 0.29) is 6.10 Å². The molecule has 16 heavy (non-hydrogen) atoms. The van der Waals surface area contributed by atoms with E-state index in [0.29, 0.717) is 6.61 Å². The van der Waals surface area contributed by atoms with Gasteiger partial charge < -0.3 is 9.47 Å². The van der Waals surface area contributed by atoms with Crippen LogP contribution in [0.25, 0.3) is 0 Å². The van der Waals surface area contributed by atoms with Crippen LogP contribution in [-0.4, -0.2) is 37.7 Å². The number of fused-ring (bicyclic) bond motifs is 1. The summed E-state index contributed by atoms with van der Waals surface area (Å²) in [5.41, 5.74) is 0. The summed E-state index contributed by atoms with van der Waals surface area (Å²) in [7, 11) is 2.05. The van der Waals surface area contributed by atoms with Crippen LogP contribution < -0.4 is 9.47 Å². The molecular formula is C13H17NO2. The Hall–Kier alpha value is -1.48. The Labute approximate surface area is 96.3 Å². The molecule has 2 rings (SSSR count). The molecule has 0 fully saturated rings. The lowest BCUT2D eigenvalue weighted by atomic mass is 10.2. The molecule has 0 spiro atoms. The Balaban J connectivity index is 1.95. The third-order valence-electron chi connectivity index (χ3n) is 2.52. The van der Waals surface area contributed by atoms with Crippen LogP contribution in [0.15, 0.2) is 36.9 Å². The number of likely N-dealkylation sites (N-methyl/N-ethyl adjacent to an activating group) is 1. The van der Waals surface area contributed by atoms with Crippen LogP contribution >= 0.6 is 0 Å². The first kappa shape index (κ1) is 11.0. The summed E-state index contributed by atoms with van der Waals surface area (Å²) in [6.45, 7) is 6.04. The Morgan fingerprint density at radius 3 is 2.94 bits per heavy atom. The molecule has 0 aliphatic carbocycles. The van der Waals surface area contributed by atoms with E-state index < -0.39 is 0 Å². The third-order valence-corrected chi connectivity index (χ3v) is 2.52. The maximum absolute atomic E-state index is 5.85. The second kappa shape index (κ2) is 5.03. The lowest BCUT2D eigenvalue weighted by Crippen LogP contribution is -2.39. The Morgan fingerprint density at radius 2 is 2.19 bits per heavy atom. The molecule has 1 aromatic carbocycles. The van der Waals surface area contributed by atoms with Crippen LogP contribution in [0.3, 0.4) is 0 Å². The summed E-state index contributed by atoms with van der Waals surface area (Å²) in [6, 6.07) is 7.78. The molecule has 0 unspecified atom stereocenters. The van der Waals surface area contributed by atoms with Gasteiger partial charge in [-0.25, -0.2) is 0 Å². The van der Waals surface area contributed by atoms with Gasteiger partial charge in [-0.1, -0.05) is 18.2 Å². The molecule has 0 N–H and O–H groups in total. The molecule has 1 heterocycles. The highest BCUT2D eigenvalue weighted by molar-refractivity contribution is 5.40. The SMILES string of the molecule is C=CCN(C)C[C@H]1COc2ccccc2O1. The average molecular weight is 219 g/mol. The predicted octanol–water partition coefficient (Wildman–Crippen LogP) is 1.94. The number of benzene rings is 1. The zero-order chi connectivity index (χ0) is 11.4. The van der Waals surface area contributed by atoms with Gasteiger partial charge in [0.2, 0.25) is 0 Å². The van der Waals surface area contributed by atoms with Crippen molar-refractivity contribution in [3.05, 3.63) is 36.9 Å². The maximum atomic E-state index is 5.85. The van der Waals surface area contributed by atoms with Crippen LogP contribution in [0.1, 0.15) is 0 Å². The number of rotatable bonds is 4. The van der Waals surface area contributed by atoms with E-state index >= 15 is 0 Å². The van der Waals surface area contributed by atoms with E-state index in [1.165, 1.54) is 0 Å². The summed E-state index contributed by atoms with van der Waals surface area (Å²) in [6.07, 6.45) is 1.98. The van der Waals surface area contributed by atoms with E-state index in [9.17, 15) is 0 Å². The lowest BCUT2D eigenvalue weighted by molar-refractivity contribution is 0.0681. The fourth-order valence-corrected chi connectivity index (χ4v) is 1.80. The normalized spacial score (nSPS) is 18.5. The maximum Gasteiger partial charge on any atom is 0.161 e. The summed E-state index contributed by atoms with van der Waals surface area (Å²) < 4.78 is 11.5. The molecule has 0 radical (unpaired) electrons. The highest BCUT2D eigenvalue weighted by atomic mass is 16.6. The zero-order valence-corrected chi connectivity index (χ0v) is 9.56. The van der Waals surface area contributed by atoms with Gasteiger partial charge in [-0.15, -0.1) is 6.58 Å². The van der Waals surface area contributed by atoms with Gasteiger partial charge in [0.25, 0.3) is 0 Å². The largest absolute Gasteiger partial charge is 0.486 e. The van der Waals surface area contributed by atoms with Gasteiger partial charge in [0.15, 0.2) is 11.5 Å². The van der Waals surface area contributed by atoms with Crippen molar-refractivity contribution in [2.45, 2.75) is 6.10 Å². The summed E-state index contributed by atoms with van der Waals surface area (Å²) in [5.74, 6) is 1.68. The van der Waals surface area contributed by atoms with Gasteiger partial charge in [-0.2, -0.15) is 0 Å². The molecule has 0 aromatic heterocycles. The first-order valence-corrected chi connectivity index (χ1v) is 5.47. The van der Waals surface area contributed by atoms with Crippen LogP contribution in [0, 0.1) is 0 Å². The van der Waals surface area contributed by atoms with Crippen molar-refractivity contribution in [2.75, 3.05) is 26.7 Å². The molecule has 86 valence electrons. The van der Waals surface area contributed by atoms with E-state index in [2.05, 4.69) is 11.5 Å². The van der Waals surface area contributed by atoms with Gasteiger partial charge in [0, 0.05) is 13.1 Å². The van der Waals surface area contributed by atoms with Crippen molar-refractivity contribution >= 4 is 0 Å².